The van der Waals surface area contributed by atoms with E-state index < -0.39 is 34.3 Å². The zero-order chi connectivity index (χ0) is 87.3. The monoisotopic (exact) mass is 1780 g/mol. The maximum Gasteiger partial charge on any atom is 0.435 e. The first kappa shape index (κ1) is 94.9. The van der Waals surface area contributed by atoms with Gasteiger partial charge < -0.3 is 20.4 Å². The van der Waals surface area contributed by atoms with Gasteiger partial charge in [0, 0.05) is 48.5 Å². The van der Waals surface area contributed by atoms with Crippen molar-refractivity contribution in [1.29, 1.82) is 5.26 Å². The third-order valence-electron chi connectivity index (χ3n) is 42.0. The van der Waals surface area contributed by atoms with Crippen molar-refractivity contribution in [1.82, 2.24) is 39.1 Å². The molecule has 4 N–H and O–H groups in total. The summed E-state index contributed by atoms with van der Waals surface area (Å²) in [7, 11) is 0. The number of nitriles is 1. The van der Waals surface area contributed by atoms with E-state index in [9.17, 15) is 52.8 Å². The predicted octanol–water partition coefficient (Wildman–Crippen LogP) is 21.6. The highest BCUT2D eigenvalue weighted by Crippen LogP contribution is 2.80. The number of aliphatic hydroxyl groups is 4. The van der Waals surface area contributed by atoms with Crippen LogP contribution in [0.1, 0.15) is 308 Å². The molecular formula is C108H159F3N10O8. The number of aryl methyl sites for hydroxylation is 1. The number of Topliss-reactive ketones (excluding diaryl/α,β-unsaturated/α-hetero) is 4. The van der Waals surface area contributed by atoms with Gasteiger partial charge in [-0.3, -0.25) is 37.9 Å². The van der Waals surface area contributed by atoms with Crippen molar-refractivity contribution in [3.05, 3.63) is 77.7 Å². The summed E-state index contributed by atoms with van der Waals surface area (Å²) in [5, 5.41) is 68.0. The topological polar surface area (TPSA) is 249 Å². The fraction of sp³-hybridized carbons (Fsp3) is 0.833. The Hall–Kier alpha value is -5.87. The normalized spacial score (nSPS) is 48.3. The average molecular weight is 1780 g/mol. The number of fused-ring (bicyclic) bond motifs is 28. The van der Waals surface area contributed by atoms with Crippen LogP contribution < -0.4 is 0 Å². The van der Waals surface area contributed by atoms with Gasteiger partial charge in [-0.1, -0.05) is 57.4 Å². The Morgan fingerprint density at radius 1 is 0.403 bits per heavy atom. The second kappa shape index (κ2) is 33.8. The lowest BCUT2D eigenvalue weighted by Gasteiger charge is -2.57. The number of hydrogen-bond donors (Lipinski definition) is 4. The lowest BCUT2D eigenvalue weighted by atomic mass is 9.48. The number of carbonyl (C=O) groups is 4. The summed E-state index contributed by atoms with van der Waals surface area (Å²) < 4.78 is 45.2. The maximum atomic E-state index is 13.5. The van der Waals surface area contributed by atoms with E-state index >= 15 is 0 Å². The van der Waals surface area contributed by atoms with Gasteiger partial charge in [-0.2, -0.15) is 38.8 Å². The van der Waals surface area contributed by atoms with Crippen molar-refractivity contribution >= 4 is 28.8 Å². The average Bonchev–Trinajstić information content (AvgIpc) is 1.53. The molecule has 21 heteroatoms. The largest absolute Gasteiger partial charge is 0.435 e. The number of ketones is 4. The first-order valence-electron chi connectivity index (χ1n) is 50.3. The molecule has 0 aliphatic heterocycles. The fourth-order valence-electron chi connectivity index (χ4n) is 37.8. The molecule has 0 amide bonds. The second-order valence-electron chi connectivity index (χ2n) is 49.2. The van der Waals surface area contributed by atoms with Crippen molar-refractivity contribution in [2.45, 2.75) is 352 Å². The standard InChI is InChI=1S/C26H35F3N2O2.2C26H35N3O2.C26H38N2O2.4CH4/c1-24(33)8-5-15-14(12-24)3-4-17-16(15)6-9-25(2)22(17)18-11-19(18)23(25)20(32)13-31-10-7-21(30-31)26(27,28)29;1-25(31)8-6-17-15(11-25)4-5-19-18(17)7-9-26(2)23(19)20-10-21(20)24(26)22(30)14-29-13-16(27-3)12-28-29;1-25(31)8-5-17-15(12-25)3-4-19-18(17)6-9-26(2)23(19)20-11-21(20)24(26)22(30)14-29-10-7-16(13-27)28-29;1-15-12-27-28(13-15)14-22(29)24-21-10-20(21)23-19-5-4-16-11-25(2,30)8-6-17(16)18(19)7-9-26(23,24)3;;;;/h7,10,14-19,22-23,33H,3-6,8-9,11-13H2,1-2H3;12-13,15,17-21,23-24,31H,4-11,14H2,1-2H3;7,10,15,17-21,23-24,31H,3-6,8-9,11-12,14H2,1-2H3;12-13,16-21,23-24,30H,4-11,14H2,1-3H3;4*1H4/t14-,15+,16-,17-,18-,19+,22-,23-,24-,25+;2*15-,17+,18-,19-,20-,21+,23-,24-,25-,26+;16-,17+,18-,19-,20-,21+,23-,24-,25-,26+;;;;/m1111..../s1. The van der Waals surface area contributed by atoms with E-state index in [4.69, 9.17) is 11.8 Å². The molecule has 40 atom stereocenters. The van der Waals surface area contributed by atoms with Gasteiger partial charge in [0.15, 0.2) is 34.5 Å². The molecule has 24 rings (SSSR count). The van der Waals surface area contributed by atoms with Crippen LogP contribution in [0.2, 0.25) is 0 Å². The Morgan fingerprint density at radius 3 is 0.977 bits per heavy atom. The van der Waals surface area contributed by atoms with Crippen LogP contribution in [0, 0.1) is 236 Å². The predicted molar refractivity (Wildman–Crippen MR) is 491 cm³/mol. The van der Waals surface area contributed by atoms with E-state index in [2.05, 4.69) is 65.9 Å². The summed E-state index contributed by atoms with van der Waals surface area (Å²) in [6.45, 7) is 28.0. The molecule has 0 aromatic carbocycles. The summed E-state index contributed by atoms with van der Waals surface area (Å²) in [4.78, 5) is 57.4. The summed E-state index contributed by atoms with van der Waals surface area (Å²) in [6, 6.07) is 4.71. The quantitative estimate of drug-likeness (QED) is 0.0965. The van der Waals surface area contributed by atoms with Gasteiger partial charge in [-0.05, 0) is 445 Å². The van der Waals surface area contributed by atoms with Gasteiger partial charge in [0.05, 0.1) is 67.5 Å². The van der Waals surface area contributed by atoms with Crippen LogP contribution >= 0.6 is 0 Å². The first-order valence-corrected chi connectivity index (χ1v) is 50.3. The molecule has 20 fully saturated rings. The Balaban J connectivity index is 0.000000120. The molecule has 20 aliphatic rings. The number of rotatable bonds is 12. The highest BCUT2D eigenvalue weighted by molar-refractivity contribution is 5.85. The van der Waals surface area contributed by atoms with Gasteiger partial charge in [0.25, 0.3) is 0 Å². The molecule has 0 bridgehead atoms. The minimum absolute atomic E-state index is 0. The molecule has 0 spiro atoms. The number of nitrogens with zero attached hydrogens (tertiary/aromatic N) is 10. The van der Waals surface area contributed by atoms with E-state index in [1.807, 2.05) is 44.8 Å². The van der Waals surface area contributed by atoms with Gasteiger partial charge in [0.2, 0.25) is 5.69 Å². The molecule has 0 saturated heterocycles. The zero-order valence-corrected chi connectivity index (χ0v) is 76.1. The van der Waals surface area contributed by atoms with E-state index in [-0.39, 0.29) is 87.4 Å². The third-order valence-corrected chi connectivity index (χ3v) is 42.0. The molecule has 710 valence electrons. The van der Waals surface area contributed by atoms with Gasteiger partial charge in [-0.15, -0.1) is 0 Å². The van der Waals surface area contributed by atoms with Crippen molar-refractivity contribution in [2.24, 2.45) is 211 Å². The summed E-state index contributed by atoms with van der Waals surface area (Å²) >= 11 is 0. The maximum absolute atomic E-state index is 13.5. The molecule has 4 aromatic heterocycles. The molecule has 20 aliphatic carbocycles. The van der Waals surface area contributed by atoms with Crippen LogP contribution in [0.3, 0.4) is 0 Å². The molecule has 4 heterocycles. The summed E-state index contributed by atoms with van der Waals surface area (Å²) in [5.74, 6) is 21.8. The minimum Gasteiger partial charge on any atom is -0.390 e. The first-order chi connectivity index (χ1) is 59.4. The number of carbonyl (C=O) groups excluding carboxylic acids is 4. The van der Waals surface area contributed by atoms with Gasteiger partial charge in [-0.25, -0.2) is 4.85 Å². The Bertz CT molecular complexity index is 4750. The molecule has 4 aromatic rings. The van der Waals surface area contributed by atoms with E-state index in [0.717, 1.165) is 172 Å². The lowest BCUT2D eigenvalue weighted by Crippen LogP contribution is -2.52. The Labute approximate surface area is 768 Å². The van der Waals surface area contributed by atoms with Crippen molar-refractivity contribution in [3.8, 4) is 6.07 Å². The summed E-state index contributed by atoms with van der Waals surface area (Å²) in [6.07, 6.45) is 42.9. The smallest absolute Gasteiger partial charge is 0.390 e. The molecule has 0 unspecified atom stereocenters. The Kier molecular flexibility index (Phi) is 24.9. The summed E-state index contributed by atoms with van der Waals surface area (Å²) in [5.41, 5.74) is -0.294. The van der Waals surface area contributed by atoms with Crippen molar-refractivity contribution in [3.63, 3.8) is 0 Å². The van der Waals surface area contributed by atoms with Crippen LogP contribution in [0.4, 0.5) is 18.9 Å². The molecular weight excluding hydrogens is 1620 g/mol. The number of hydrogen-bond acceptors (Lipinski definition) is 13. The van der Waals surface area contributed by atoms with E-state index in [1.165, 1.54) is 139 Å². The lowest BCUT2D eigenvalue weighted by molar-refractivity contribution is -0.142. The second-order valence-corrected chi connectivity index (χ2v) is 49.2. The Morgan fingerprint density at radius 2 is 0.698 bits per heavy atom. The van der Waals surface area contributed by atoms with E-state index in [0.29, 0.717) is 131 Å². The van der Waals surface area contributed by atoms with Crippen LogP contribution in [0.25, 0.3) is 4.85 Å². The van der Waals surface area contributed by atoms with Gasteiger partial charge >= 0.3 is 6.18 Å². The van der Waals surface area contributed by atoms with Crippen LogP contribution in [0.15, 0.2) is 49.3 Å². The number of aromatic nitrogens is 8. The van der Waals surface area contributed by atoms with Gasteiger partial charge in [0.1, 0.15) is 6.07 Å². The highest BCUT2D eigenvalue weighted by Gasteiger charge is 2.76. The highest BCUT2D eigenvalue weighted by atomic mass is 19.4. The number of alkyl halides is 3. The molecule has 18 nitrogen and oxygen atoms in total. The van der Waals surface area contributed by atoms with E-state index in [1.54, 1.807) is 34.0 Å². The van der Waals surface area contributed by atoms with Crippen LogP contribution in [-0.2, 0) is 51.5 Å². The minimum atomic E-state index is -4.48. The van der Waals surface area contributed by atoms with Crippen molar-refractivity contribution < 1.29 is 52.8 Å². The molecule has 129 heavy (non-hydrogen) atoms. The van der Waals surface area contributed by atoms with Crippen molar-refractivity contribution in [2.75, 3.05) is 0 Å². The molecule has 20 saturated carbocycles. The third kappa shape index (κ3) is 16.4. The number of halogens is 3. The fourth-order valence-corrected chi connectivity index (χ4v) is 37.8. The SMILES string of the molecule is C.C.C.C.C[C@@]1(O)CC[C@H]2[C@H](CC[C@@H]3[C@@H]2CC[C@@]2(C)[C@H]3[C@@H]3C[C@@H]3[C@@H]2C(=O)Cn2ccc(C#N)n2)C1.C[C@@]1(O)CC[C@H]2[C@H](CC[C@@H]3[C@@H]2CC[C@@]2(C)[C@H]3[C@@H]3C[C@@H]3[C@@H]2C(=O)Cn2ccc(C(F)(F)F)n2)C1.Cc1cnn(CC(=O)[C@H]2[C@H]3C[C@H]3[C@H]3[C@@H]4CC[C@@H]5C[C@](C)(O)CC[C@@H]5[C@H]4CC[C@@]32C)c1.[C-]#[N+]c1cnn(CC(=O)[C@H]2[C@H]3C[C@H]3[C@H]3[C@@H]4CC[C@@H]5C[C@](C)(O)CC[C@@H]5[C@H]4CC[C@@]32C)c1. The van der Waals surface area contributed by atoms with Crippen LogP contribution in [-0.4, -0.2) is 105 Å². The zero-order valence-electron chi connectivity index (χ0n) is 76.1. The van der Waals surface area contributed by atoms with Crippen LogP contribution in [0.5, 0.6) is 0 Å². The molecule has 0 radical (unpaired) electrons.